The Labute approximate surface area is 169 Å². The standard InChI is InChI=1S/C23H22N2O4/c1-27-22-14-19(12-13-21(22)28-16-18-8-4-2-5-9-18)15-24-29-17-23(26)25-20-10-6-3-7-11-20/h2-15H,16-17H2,1H3,(H,25,26). The van der Waals surface area contributed by atoms with Crippen molar-refractivity contribution in [1.82, 2.24) is 0 Å². The van der Waals surface area contributed by atoms with Gasteiger partial charge in [0.15, 0.2) is 18.1 Å². The summed E-state index contributed by atoms with van der Waals surface area (Å²) in [5.74, 6) is 0.943. The van der Waals surface area contributed by atoms with Gasteiger partial charge in [-0.05, 0) is 35.9 Å². The molecule has 3 rings (SSSR count). The maximum Gasteiger partial charge on any atom is 0.265 e. The molecule has 6 nitrogen and oxygen atoms in total. The van der Waals surface area contributed by atoms with Crippen LogP contribution in [0.25, 0.3) is 0 Å². The molecule has 1 N–H and O–H groups in total. The summed E-state index contributed by atoms with van der Waals surface area (Å²) in [7, 11) is 1.58. The van der Waals surface area contributed by atoms with Crippen molar-refractivity contribution in [2.75, 3.05) is 19.0 Å². The number of rotatable bonds is 9. The van der Waals surface area contributed by atoms with Crippen LogP contribution in [0, 0.1) is 0 Å². The molecule has 0 aliphatic carbocycles. The predicted octanol–water partition coefficient (Wildman–Crippen LogP) is 4.26. The van der Waals surface area contributed by atoms with Crippen LogP contribution in [-0.2, 0) is 16.2 Å². The van der Waals surface area contributed by atoms with E-state index in [0.717, 1.165) is 11.1 Å². The van der Waals surface area contributed by atoms with E-state index in [1.54, 1.807) is 25.3 Å². The number of methoxy groups -OCH3 is 1. The number of hydrogen-bond donors (Lipinski definition) is 1. The lowest BCUT2D eigenvalue weighted by atomic mass is 10.2. The first-order chi connectivity index (χ1) is 14.2. The second-order valence-electron chi connectivity index (χ2n) is 6.11. The summed E-state index contributed by atoms with van der Waals surface area (Å²) in [5, 5.41) is 6.56. The average molecular weight is 390 g/mol. The minimum atomic E-state index is -0.282. The summed E-state index contributed by atoms with van der Waals surface area (Å²) in [6, 6.07) is 24.5. The highest BCUT2D eigenvalue weighted by Gasteiger charge is 2.06. The number of amides is 1. The highest BCUT2D eigenvalue weighted by Crippen LogP contribution is 2.28. The Morgan fingerprint density at radius 1 is 0.966 bits per heavy atom. The summed E-state index contributed by atoms with van der Waals surface area (Å²) < 4.78 is 11.2. The van der Waals surface area contributed by atoms with E-state index in [9.17, 15) is 4.79 Å². The lowest BCUT2D eigenvalue weighted by molar-refractivity contribution is -0.120. The van der Waals surface area contributed by atoms with E-state index >= 15 is 0 Å². The summed E-state index contributed by atoms with van der Waals surface area (Å²) in [5.41, 5.74) is 2.54. The van der Waals surface area contributed by atoms with Crippen molar-refractivity contribution >= 4 is 17.8 Å². The van der Waals surface area contributed by atoms with E-state index in [1.165, 1.54) is 6.21 Å². The molecule has 0 heterocycles. The number of carbonyl (C=O) groups is 1. The Kier molecular flexibility index (Phi) is 7.23. The second-order valence-corrected chi connectivity index (χ2v) is 6.11. The Morgan fingerprint density at radius 3 is 2.41 bits per heavy atom. The lowest BCUT2D eigenvalue weighted by Gasteiger charge is -2.11. The van der Waals surface area contributed by atoms with E-state index in [2.05, 4.69) is 10.5 Å². The zero-order valence-electron chi connectivity index (χ0n) is 16.1. The zero-order valence-corrected chi connectivity index (χ0v) is 16.1. The molecule has 0 unspecified atom stereocenters. The van der Waals surface area contributed by atoms with Gasteiger partial charge in [-0.3, -0.25) is 4.79 Å². The fourth-order valence-electron chi connectivity index (χ4n) is 2.53. The van der Waals surface area contributed by atoms with E-state index in [4.69, 9.17) is 14.3 Å². The molecule has 0 aromatic heterocycles. The number of carbonyl (C=O) groups excluding carboxylic acids is 1. The largest absolute Gasteiger partial charge is 0.493 e. The first-order valence-electron chi connectivity index (χ1n) is 9.09. The third-order valence-corrected chi connectivity index (χ3v) is 3.95. The van der Waals surface area contributed by atoms with Gasteiger partial charge in [0.2, 0.25) is 0 Å². The molecule has 0 aliphatic heterocycles. The normalized spacial score (nSPS) is 10.5. The molecule has 6 heteroatoms. The van der Waals surface area contributed by atoms with Gasteiger partial charge in [0.05, 0.1) is 13.3 Å². The number of hydrogen-bond acceptors (Lipinski definition) is 5. The van der Waals surface area contributed by atoms with Crippen LogP contribution >= 0.6 is 0 Å². The Hall–Kier alpha value is -3.80. The number of para-hydroxylation sites is 1. The molecular weight excluding hydrogens is 368 g/mol. The van der Waals surface area contributed by atoms with Crippen molar-refractivity contribution in [1.29, 1.82) is 0 Å². The van der Waals surface area contributed by atoms with Gasteiger partial charge in [0.1, 0.15) is 6.61 Å². The van der Waals surface area contributed by atoms with Gasteiger partial charge in [-0.25, -0.2) is 0 Å². The molecular formula is C23H22N2O4. The van der Waals surface area contributed by atoms with E-state index in [-0.39, 0.29) is 12.5 Å². The third kappa shape index (κ3) is 6.39. The van der Waals surface area contributed by atoms with Gasteiger partial charge in [0.25, 0.3) is 5.91 Å². The van der Waals surface area contributed by atoms with Gasteiger partial charge < -0.3 is 19.6 Å². The second kappa shape index (κ2) is 10.5. The highest BCUT2D eigenvalue weighted by molar-refractivity contribution is 5.91. The topological polar surface area (TPSA) is 69.2 Å². The molecule has 0 saturated heterocycles. The minimum absolute atomic E-state index is 0.180. The molecule has 0 fully saturated rings. The number of ether oxygens (including phenoxy) is 2. The maximum absolute atomic E-state index is 11.8. The average Bonchev–Trinajstić information content (AvgIpc) is 2.77. The lowest BCUT2D eigenvalue weighted by Crippen LogP contribution is -2.16. The molecule has 0 aliphatic rings. The van der Waals surface area contributed by atoms with Crippen molar-refractivity contribution in [3.05, 3.63) is 90.0 Å². The number of nitrogens with one attached hydrogen (secondary N) is 1. The third-order valence-electron chi connectivity index (χ3n) is 3.95. The van der Waals surface area contributed by atoms with E-state index in [0.29, 0.717) is 23.8 Å². The van der Waals surface area contributed by atoms with E-state index in [1.807, 2.05) is 60.7 Å². The van der Waals surface area contributed by atoms with Crippen molar-refractivity contribution in [2.24, 2.45) is 5.16 Å². The number of benzene rings is 3. The maximum atomic E-state index is 11.8. The molecule has 0 saturated carbocycles. The Morgan fingerprint density at radius 2 is 1.69 bits per heavy atom. The molecule has 0 atom stereocenters. The summed E-state index contributed by atoms with van der Waals surface area (Å²) in [6.45, 7) is 0.269. The highest BCUT2D eigenvalue weighted by atomic mass is 16.6. The van der Waals surface area contributed by atoms with Gasteiger partial charge in [-0.2, -0.15) is 0 Å². The quantitative estimate of drug-likeness (QED) is 0.438. The van der Waals surface area contributed by atoms with Gasteiger partial charge in [-0.1, -0.05) is 53.7 Å². The van der Waals surface area contributed by atoms with Crippen LogP contribution in [0.3, 0.4) is 0 Å². The first kappa shape index (κ1) is 19.9. The van der Waals surface area contributed by atoms with Crippen molar-refractivity contribution in [3.8, 4) is 11.5 Å². The molecule has 3 aromatic rings. The zero-order chi connectivity index (χ0) is 20.3. The Bertz CT molecular complexity index is 944. The fourth-order valence-corrected chi connectivity index (χ4v) is 2.53. The number of oxime groups is 1. The van der Waals surface area contributed by atoms with Gasteiger partial charge in [-0.15, -0.1) is 0 Å². The predicted molar refractivity (Wildman–Crippen MR) is 112 cm³/mol. The summed E-state index contributed by atoms with van der Waals surface area (Å²) >= 11 is 0. The van der Waals surface area contributed by atoms with Crippen molar-refractivity contribution in [2.45, 2.75) is 6.61 Å². The molecule has 1 amide bonds. The first-order valence-corrected chi connectivity index (χ1v) is 9.09. The van der Waals surface area contributed by atoms with Crippen LogP contribution in [0.5, 0.6) is 11.5 Å². The number of anilines is 1. The van der Waals surface area contributed by atoms with Crippen LogP contribution in [-0.4, -0.2) is 25.8 Å². The summed E-state index contributed by atoms with van der Waals surface area (Å²) in [4.78, 5) is 16.9. The molecule has 29 heavy (non-hydrogen) atoms. The van der Waals surface area contributed by atoms with Crippen LogP contribution in [0.15, 0.2) is 84.0 Å². The van der Waals surface area contributed by atoms with Crippen molar-refractivity contribution < 1.29 is 19.1 Å². The smallest absolute Gasteiger partial charge is 0.265 e. The van der Waals surface area contributed by atoms with Crippen LogP contribution in [0.2, 0.25) is 0 Å². The molecule has 0 spiro atoms. The monoisotopic (exact) mass is 390 g/mol. The molecule has 148 valence electrons. The molecule has 0 radical (unpaired) electrons. The van der Waals surface area contributed by atoms with Crippen LogP contribution in [0.1, 0.15) is 11.1 Å². The minimum Gasteiger partial charge on any atom is -0.493 e. The Balaban J connectivity index is 1.50. The van der Waals surface area contributed by atoms with Gasteiger partial charge in [0, 0.05) is 11.3 Å². The van der Waals surface area contributed by atoms with Crippen molar-refractivity contribution in [3.63, 3.8) is 0 Å². The van der Waals surface area contributed by atoms with Crippen LogP contribution < -0.4 is 14.8 Å². The molecule has 0 bridgehead atoms. The van der Waals surface area contributed by atoms with Gasteiger partial charge >= 0.3 is 0 Å². The fraction of sp³-hybridized carbons (Fsp3) is 0.130. The SMILES string of the molecule is COc1cc(C=NOCC(=O)Nc2ccccc2)ccc1OCc1ccccc1. The van der Waals surface area contributed by atoms with Crippen LogP contribution in [0.4, 0.5) is 5.69 Å². The summed E-state index contributed by atoms with van der Waals surface area (Å²) in [6.07, 6.45) is 1.51. The molecule has 3 aromatic carbocycles. The van der Waals surface area contributed by atoms with E-state index < -0.39 is 0 Å². The number of nitrogens with zero attached hydrogens (tertiary/aromatic N) is 1.